The van der Waals surface area contributed by atoms with Crippen molar-refractivity contribution in [2.75, 3.05) is 44.4 Å². The maximum absolute atomic E-state index is 12.1. The van der Waals surface area contributed by atoms with E-state index in [1.807, 2.05) is 12.1 Å². The van der Waals surface area contributed by atoms with Crippen molar-refractivity contribution in [1.29, 1.82) is 0 Å². The van der Waals surface area contributed by atoms with Crippen molar-refractivity contribution < 1.29 is 14.3 Å². The Morgan fingerprint density at radius 2 is 2.21 bits per heavy atom. The van der Waals surface area contributed by atoms with E-state index in [1.54, 1.807) is 18.0 Å². The van der Waals surface area contributed by atoms with Gasteiger partial charge in [-0.2, -0.15) is 0 Å². The van der Waals surface area contributed by atoms with Crippen LogP contribution in [0.15, 0.2) is 30.9 Å². The summed E-state index contributed by atoms with van der Waals surface area (Å²) in [6.45, 7) is 5.62. The van der Waals surface area contributed by atoms with Gasteiger partial charge in [0.05, 0.1) is 31.8 Å². The fourth-order valence-electron chi connectivity index (χ4n) is 3.08. The van der Waals surface area contributed by atoms with Gasteiger partial charge in [-0.15, -0.1) is 0 Å². The van der Waals surface area contributed by atoms with Crippen molar-refractivity contribution in [1.82, 2.24) is 9.80 Å². The lowest BCUT2D eigenvalue weighted by atomic mass is 9.97. The minimum atomic E-state index is -0.291. The molecule has 0 bridgehead atoms. The summed E-state index contributed by atoms with van der Waals surface area (Å²) < 4.78 is 5.30. The highest BCUT2D eigenvalue weighted by Crippen LogP contribution is 2.34. The Balaban J connectivity index is 1.96. The van der Waals surface area contributed by atoms with Gasteiger partial charge in [0.25, 0.3) is 0 Å². The van der Waals surface area contributed by atoms with Crippen molar-refractivity contribution >= 4 is 23.2 Å². The van der Waals surface area contributed by atoms with Crippen molar-refractivity contribution in [3.63, 3.8) is 0 Å². The number of nitrogens with one attached hydrogen (secondary N) is 1. The van der Waals surface area contributed by atoms with E-state index in [9.17, 15) is 9.59 Å². The number of nitrogen functional groups attached to an aromatic ring is 1. The molecule has 0 saturated carbocycles. The quantitative estimate of drug-likeness (QED) is 0.624. The SMILES string of the molecule is C=CC(=O)Nc1cc(N)ccc1C1CN(C)C(=O)CN1C1COC1. The Kier molecular flexibility index (Phi) is 4.55. The molecule has 128 valence electrons. The van der Waals surface area contributed by atoms with Crippen molar-refractivity contribution in [3.8, 4) is 0 Å². The van der Waals surface area contributed by atoms with Gasteiger partial charge in [0.1, 0.15) is 0 Å². The highest BCUT2D eigenvalue weighted by molar-refractivity contribution is 5.99. The van der Waals surface area contributed by atoms with E-state index >= 15 is 0 Å². The second kappa shape index (κ2) is 6.62. The van der Waals surface area contributed by atoms with Crippen LogP contribution in [0.25, 0.3) is 0 Å². The third-order valence-electron chi connectivity index (χ3n) is 4.56. The number of rotatable bonds is 4. The van der Waals surface area contributed by atoms with E-state index in [1.165, 1.54) is 6.08 Å². The molecular weight excluding hydrogens is 308 g/mol. The van der Waals surface area contributed by atoms with E-state index in [0.717, 1.165) is 5.56 Å². The van der Waals surface area contributed by atoms with Crippen LogP contribution in [0, 0.1) is 0 Å². The lowest BCUT2D eigenvalue weighted by Gasteiger charge is -2.47. The largest absolute Gasteiger partial charge is 0.399 e. The lowest BCUT2D eigenvalue weighted by molar-refractivity contribution is -0.147. The Labute approximate surface area is 141 Å². The molecule has 2 heterocycles. The van der Waals surface area contributed by atoms with Crippen molar-refractivity contribution in [2.24, 2.45) is 0 Å². The first-order chi connectivity index (χ1) is 11.5. The van der Waals surface area contributed by atoms with Gasteiger partial charge in [-0.25, -0.2) is 0 Å². The van der Waals surface area contributed by atoms with Crippen molar-refractivity contribution in [2.45, 2.75) is 12.1 Å². The first-order valence-electron chi connectivity index (χ1n) is 7.90. The molecular formula is C17H22N4O3. The van der Waals surface area contributed by atoms with Gasteiger partial charge in [0.15, 0.2) is 0 Å². The number of hydrogen-bond acceptors (Lipinski definition) is 5. The van der Waals surface area contributed by atoms with Gasteiger partial charge in [0, 0.05) is 25.0 Å². The Morgan fingerprint density at radius 3 is 2.83 bits per heavy atom. The Morgan fingerprint density at radius 1 is 1.46 bits per heavy atom. The third-order valence-corrected chi connectivity index (χ3v) is 4.56. The summed E-state index contributed by atoms with van der Waals surface area (Å²) in [7, 11) is 1.79. The number of benzene rings is 1. The fourth-order valence-corrected chi connectivity index (χ4v) is 3.08. The molecule has 1 aromatic rings. The molecule has 2 aliphatic rings. The molecule has 7 heteroatoms. The van der Waals surface area contributed by atoms with Crippen LogP contribution < -0.4 is 11.1 Å². The second-order valence-electron chi connectivity index (χ2n) is 6.19. The van der Waals surface area contributed by atoms with E-state index in [4.69, 9.17) is 10.5 Å². The maximum atomic E-state index is 12.1. The number of piperazine rings is 1. The zero-order valence-electron chi connectivity index (χ0n) is 13.7. The van der Waals surface area contributed by atoms with E-state index in [-0.39, 0.29) is 23.9 Å². The second-order valence-corrected chi connectivity index (χ2v) is 6.19. The van der Waals surface area contributed by atoms with Crippen LogP contribution in [-0.4, -0.2) is 61.0 Å². The molecule has 2 saturated heterocycles. The molecule has 2 amide bonds. The van der Waals surface area contributed by atoms with E-state index in [2.05, 4.69) is 16.8 Å². The molecule has 1 aromatic carbocycles. The van der Waals surface area contributed by atoms with Crippen LogP contribution in [0.4, 0.5) is 11.4 Å². The molecule has 2 fully saturated rings. The molecule has 3 rings (SSSR count). The molecule has 0 radical (unpaired) electrons. The first kappa shape index (κ1) is 16.5. The summed E-state index contributed by atoms with van der Waals surface area (Å²) in [5.41, 5.74) is 8.03. The molecule has 7 nitrogen and oxygen atoms in total. The molecule has 1 unspecified atom stereocenters. The molecule has 1 atom stereocenters. The Hall–Kier alpha value is -2.38. The standard InChI is InChI=1S/C17H22N4O3/c1-3-16(22)19-14-6-11(18)4-5-13(14)15-7-20(2)17(23)8-21(15)12-9-24-10-12/h3-6,12,15H,1,7-10,18H2,2H3,(H,19,22). The van der Waals surface area contributed by atoms with Gasteiger partial charge < -0.3 is 20.7 Å². The summed E-state index contributed by atoms with van der Waals surface area (Å²) in [4.78, 5) is 27.8. The number of carbonyl (C=O) groups is 2. The zero-order valence-corrected chi connectivity index (χ0v) is 13.7. The van der Waals surface area contributed by atoms with Gasteiger partial charge in [-0.05, 0) is 23.8 Å². The normalized spacial score (nSPS) is 22.1. The number of amides is 2. The number of likely N-dealkylation sites (N-methyl/N-ethyl adjacent to an activating group) is 1. The van der Waals surface area contributed by atoms with Crippen LogP contribution >= 0.6 is 0 Å². The van der Waals surface area contributed by atoms with Crippen molar-refractivity contribution in [3.05, 3.63) is 36.4 Å². The van der Waals surface area contributed by atoms with Crippen LogP contribution in [0.5, 0.6) is 0 Å². The number of anilines is 2. The zero-order chi connectivity index (χ0) is 17.3. The molecule has 24 heavy (non-hydrogen) atoms. The number of ether oxygens (including phenoxy) is 1. The van der Waals surface area contributed by atoms with Gasteiger partial charge in [-0.3, -0.25) is 14.5 Å². The summed E-state index contributed by atoms with van der Waals surface area (Å²) >= 11 is 0. The number of nitrogens with two attached hydrogens (primary N) is 1. The summed E-state index contributed by atoms with van der Waals surface area (Å²) in [5.74, 6) is -0.203. The number of carbonyl (C=O) groups excluding carboxylic acids is 2. The summed E-state index contributed by atoms with van der Waals surface area (Å²) in [6.07, 6.45) is 1.22. The van der Waals surface area contributed by atoms with Gasteiger partial charge >= 0.3 is 0 Å². The third kappa shape index (κ3) is 3.13. The summed E-state index contributed by atoms with van der Waals surface area (Å²) in [6, 6.07) is 5.65. The van der Waals surface area contributed by atoms with Gasteiger partial charge in [0.2, 0.25) is 11.8 Å². The van der Waals surface area contributed by atoms with Crippen LogP contribution in [0.1, 0.15) is 11.6 Å². The fraction of sp³-hybridized carbons (Fsp3) is 0.412. The predicted octanol–water partition coefficient (Wildman–Crippen LogP) is 0.607. The highest BCUT2D eigenvalue weighted by Gasteiger charge is 2.39. The average molecular weight is 330 g/mol. The van der Waals surface area contributed by atoms with Crippen LogP contribution in [0.3, 0.4) is 0 Å². The average Bonchev–Trinajstić information content (AvgIpc) is 2.49. The van der Waals surface area contributed by atoms with Gasteiger partial charge in [-0.1, -0.05) is 12.6 Å². The molecule has 0 spiro atoms. The topological polar surface area (TPSA) is 87.9 Å². The number of nitrogens with zero attached hydrogens (tertiary/aromatic N) is 2. The van der Waals surface area contributed by atoms with E-state index in [0.29, 0.717) is 37.7 Å². The number of hydrogen-bond donors (Lipinski definition) is 2. The molecule has 3 N–H and O–H groups in total. The highest BCUT2D eigenvalue weighted by atomic mass is 16.5. The molecule has 0 aliphatic carbocycles. The minimum absolute atomic E-state index is 0.0256. The Bertz CT molecular complexity index is 672. The minimum Gasteiger partial charge on any atom is -0.399 e. The van der Waals surface area contributed by atoms with E-state index < -0.39 is 0 Å². The predicted molar refractivity (Wildman–Crippen MR) is 91.4 cm³/mol. The van der Waals surface area contributed by atoms with Crippen LogP contribution in [0.2, 0.25) is 0 Å². The summed E-state index contributed by atoms with van der Waals surface area (Å²) in [5, 5.41) is 2.82. The molecule has 2 aliphatic heterocycles. The molecule has 0 aromatic heterocycles. The van der Waals surface area contributed by atoms with Crippen LogP contribution in [-0.2, 0) is 14.3 Å². The first-order valence-corrected chi connectivity index (χ1v) is 7.90. The monoisotopic (exact) mass is 330 g/mol. The lowest BCUT2D eigenvalue weighted by Crippen LogP contribution is -2.59. The smallest absolute Gasteiger partial charge is 0.247 e. The maximum Gasteiger partial charge on any atom is 0.247 e.